The lowest BCUT2D eigenvalue weighted by atomic mass is 10.1. The second-order valence-electron chi connectivity index (χ2n) is 6.26. The highest BCUT2D eigenvalue weighted by molar-refractivity contribution is 7.89. The first kappa shape index (κ1) is 18.7. The van der Waals surface area contributed by atoms with Crippen molar-refractivity contribution < 1.29 is 17.9 Å². The number of aryl methyl sites for hydroxylation is 1. The maximum atomic E-state index is 12.8. The summed E-state index contributed by atoms with van der Waals surface area (Å²) in [6.07, 6.45) is 3.03. The van der Waals surface area contributed by atoms with Gasteiger partial charge in [0.1, 0.15) is 17.6 Å². The van der Waals surface area contributed by atoms with Crippen LogP contribution in [0.15, 0.2) is 47.5 Å². The van der Waals surface area contributed by atoms with E-state index in [4.69, 9.17) is 9.47 Å². The molecule has 1 fully saturated rings. The van der Waals surface area contributed by atoms with Crippen molar-refractivity contribution in [2.45, 2.75) is 37.7 Å². The number of hydrogen-bond acceptors (Lipinski definition) is 5. The molecule has 2 heterocycles. The first-order chi connectivity index (χ1) is 12.5. The zero-order valence-corrected chi connectivity index (χ0v) is 15.9. The minimum absolute atomic E-state index is 0.00582. The molecule has 6 nitrogen and oxygen atoms in total. The van der Waals surface area contributed by atoms with Crippen molar-refractivity contribution in [3.8, 4) is 11.5 Å². The molecule has 0 aliphatic carbocycles. The number of nitrogens with zero attached hydrogens (tertiary/aromatic N) is 2. The van der Waals surface area contributed by atoms with E-state index in [1.54, 1.807) is 30.5 Å². The number of ether oxygens (including phenoxy) is 2. The summed E-state index contributed by atoms with van der Waals surface area (Å²) in [5.74, 6) is 1.40. The van der Waals surface area contributed by atoms with Gasteiger partial charge in [0, 0.05) is 18.8 Å². The first-order valence-corrected chi connectivity index (χ1v) is 10.3. The summed E-state index contributed by atoms with van der Waals surface area (Å²) >= 11 is 0. The molecule has 26 heavy (non-hydrogen) atoms. The fourth-order valence-electron chi connectivity index (χ4n) is 2.93. The minimum atomic E-state index is -3.49. The fraction of sp³-hybridized carbons (Fsp3) is 0.421. The van der Waals surface area contributed by atoms with E-state index in [9.17, 15) is 8.42 Å². The van der Waals surface area contributed by atoms with Crippen LogP contribution in [0.4, 0.5) is 0 Å². The third kappa shape index (κ3) is 4.34. The molecular weight excluding hydrogens is 352 g/mol. The molecule has 0 saturated carbocycles. The molecule has 1 aromatic carbocycles. The van der Waals surface area contributed by atoms with Crippen LogP contribution in [0.2, 0.25) is 0 Å². The van der Waals surface area contributed by atoms with E-state index < -0.39 is 10.0 Å². The third-order valence-corrected chi connectivity index (χ3v) is 6.27. The zero-order chi connectivity index (χ0) is 18.6. The van der Waals surface area contributed by atoms with Crippen LogP contribution < -0.4 is 9.47 Å². The van der Waals surface area contributed by atoms with Gasteiger partial charge in [-0.1, -0.05) is 0 Å². The Kier molecular flexibility index (Phi) is 5.78. The van der Waals surface area contributed by atoms with Gasteiger partial charge in [-0.25, -0.2) is 8.42 Å². The maximum Gasteiger partial charge on any atom is 0.243 e. The molecule has 7 heteroatoms. The summed E-state index contributed by atoms with van der Waals surface area (Å²) in [6, 6.07) is 10.4. The van der Waals surface area contributed by atoms with Gasteiger partial charge in [-0.2, -0.15) is 4.31 Å². The van der Waals surface area contributed by atoms with E-state index in [1.165, 1.54) is 4.31 Å². The van der Waals surface area contributed by atoms with E-state index in [0.29, 0.717) is 43.2 Å². The summed E-state index contributed by atoms with van der Waals surface area (Å²) in [5.41, 5.74) is 0.939. The van der Waals surface area contributed by atoms with Crippen molar-refractivity contribution in [1.29, 1.82) is 0 Å². The molecule has 0 spiro atoms. The molecule has 2 aromatic rings. The largest absolute Gasteiger partial charge is 0.494 e. The van der Waals surface area contributed by atoms with Crippen LogP contribution in [0.1, 0.15) is 25.5 Å². The van der Waals surface area contributed by atoms with Crippen molar-refractivity contribution in [1.82, 2.24) is 9.29 Å². The van der Waals surface area contributed by atoms with E-state index >= 15 is 0 Å². The number of aromatic nitrogens is 1. The Morgan fingerprint density at radius 3 is 2.31 bits per heavy atom. The fourth-order valence-corrected chi connectivity index (χ4v) is 4.40. The molecule has 140 valence electrons. The maximum absolute atomic E-state index is 12.8. The van der Waals surface area contributed by atoms with E-state index in [0.717, 1.165) is 11.4 Å². The van der Waals surface area contributed by atoms with Gasteiger partial charge in [-0.3, -0.25) is 4.98 Å². The van der Waals surface area contributed by atoms with Crippen molar-refractivity contribution in [2.24, 2.45) is 0 Å². The summed E-state index contributed by atoms with van der Waals surface area (Å²) in [4.78, 5) is 4.51. The lowest BCUT2D eigenvalue weighted by Crippen LogP contribution is -2.41. The Hall–Kier alpha value is -2.12. The number of benzene rings is 1. The Bertz CT molecular complexity index is 812. The van der Waals surface area contributed by atoms with Crippen LogP contribution in [0, 0.1) is 6.92 Å². The molecule has 0 atom stereocenters. The van der Waals surface area contributed by atoms with Crippen molar-refractivity contribution in [3.63, 3.8) is 0 Å². The average molecular weight is 376 g/mol. The molecule has 1 saturated heterocycles. The Balaban J connectivity index is 1.60. The van der Waals surface area contributed by atoms with E-state index in [-0.39, 0.29) is 6.10 Å². The summed E-state index contributed by atoms with van der Waals surface area (Å²) in [6.45, 7) is 5.26. The summed E-state index contributed by atoms with van der Waals surface area (Å²) < 4.78 is 38.4. The molecule has 1 aliphatic heterocycles. The highest BCUT2D eigenvalue weighted by atomic mass is 32.2. The average Bonchev–Trinajstić information content (AvgIpc) is 2.65. The van der Waals surface area contributed by atoms with Gasteiger partial charge in [-0.15, -0.1) is 0 Å². The van der Waals surface area contributed by atoms with Crippen LogP contribution >= 0.6 is 0 Å². The molecule has 0 N–H and O–H groups in total. The number of pyridine rings is 1. The van der Waals surface area contributed by atoms with Gasteiger partial charge in [0.2, 0.25) is 10.0 Å². The van der Waals surface area contributed by atoms with Crippen LogP contribution in [0.3, 0.4) is 0 Å². The predicted octanol–water partition coefficient (Wildman–Crippen LogP) is 3.02. The van der Waals surface area contributed by atoms with Crippen molar-refractivity contribution in [2.75, 3.05) is 19.7 Å². The molecule has 1 aliphatic rings. The second-order valence-corrected chi connectivity index (χ2v) is 8.20. The monoisotopic (exact) mass is 376 g/mol. The lowest BCUT2D eigenvalue weighted by molar-refractivity contribution is 0.134. The van der Waals surface area contributed by atoms with Gasteiger partial charge < -0.3 is 9.47 Å². The molecule has 0 bridgehead atoms. The summed E-state index contributed by atoms with van der Waals surface area (Å²) in [7, 11) is -3.49. The Labute approximate surface area is 154 Å². The van der Waals surface area contributed by atoms with Gasteiger partial charge in [0.05, 0.1) is 17.7 Å². The normalized spacial score (nSPS) is 16.4. The number of rotatable bonds is 6. The Morgan fingerprint density at radius 2 is 1.73 bits per heavy atom. The highest BCUT2D eigenvalue weighted by Gasteiger charge is 2.30. The lowest BCUT2D eigenvalue weighted by Gasteiger charge is -2.31. The standard InChI is InChI=1S/C19H24N2O4S/c1-3-24-16-6-8-19(9-7-16)26(22,23)21-12-10-17(11-13-21)25-18-5-4-15(2)20-14-18/h4-9,14,17H,3,10-13H2,1-2H3. The highest BCUT2D eigenvalue weighted by Crippen LogP contribution is 2.25. The summed E-state index contributed by atoms with van der Waals surface area (Å²) in [5, 5.41) is 0. The van der Waals surface area contributed by atoms with Crippen molar-refractivity contribution >= 4 is 10.0 Å². The number of sulfonamides is 1. The predicted molar refractivity (Wildman–Crippen MR) is 99.0 cm³/mol. The van der Waals surface area contributed by atoms with E-state index in [2.05, 4.69) is 4.98 Å². The topological polar surface area (TPSA) is 68.7 Å². The molecule has 0 unspecified atom stereocenters. The van der Waals surface area contributed by atoms with Gasteiger partial charge in [0.25, 0.3) is 0 Å². The van der Waals surface area contributed by atoms with E-state index in [1.807, 2.05) is 26.0 Å². The molecule has 1 aromatic heterocycles. The molecule has 3 rings (SSSR count). The number of piperidine rings is 1. The van der Waals surface area contributed by atoms with Crippen LogP contribution in [-0.4, -0.2) is 43.5 Å². The molecule has 0 radical (unpaired) electrons. The van der Waals surface area contributed by atoms with Crippen LogP contribution in [-0.2, 0) is 10.0 Å². The Morgan fingerprint density at radius 1 is 1.08 bits per heavy atom. The first-order valence-electron chi connectivity index (χ1n) is 8.81. The SMILES string of the molecule is CCOc1ccc(S(=O)(=O)N2CCC(Oc3ccc(C)nc3)CC2)cc1. The molecular formula is C19H24N2O4S. The second kappa shape index (κ2) is 8.05. The van der Waals surface area contributed by atoms with Crippen molar-refractivity contribution in [3.05, 3.63) is 48.3 Å². The quantitative estimate of drug-likeness (QED) is 0.775. The smallest absolute Gasteiger partial charge is 0.243 e. The minimum Gasteiger partial charge on any atom is -0.494 e. The van der Waals surface area contributed by atoms with Gasteiger partial charge in [-0.05, 0) is 63.1 Å². The third-order valence-electron chi connectivity index (χ3n) is 4.36. The molecule has 0 amide bonds. The number of hydrogen-bond donors (Lipinski definition) is 0. The van der Waals surface area contributed by atoms with Gasteiger partial charge >= 0.3 is 0 Å². The van der Waals surface area contributed by atoms with Crippen LogP contribution in [0.5, 0.6) is 11.5 Å². The zero-order valence-electron chi connectivity index (χ0n) is 15.1. The van der Waals surface area contributed by atoms with Crippen LogP contribution in [0.25, 0.3) is 0 Å². The van der Waals surface area contributed by atoms with Gasteiger partial charge in [0.15, 0.2) is 0 Å².